The fourth-order valence-corrected chi connectivity index (χ4v) is 10.1. The first-order valence-corrected chi connectivity index (χ1v) is 24.1. The maximum absolute atomic E-state index is 7.42. The van der Waals surface area contributed by atoms with Crippen molar-refractivity contribution in [2.45, 2.75) is 132 Å². The van der Waals surface area contributed by atoms with Crippen molar-refractivity contribution in [1.82, 2.24) is 0 Å². The molecule has 63 heavy (non-hydrogen) atoms. The first-order chi connectivity index (χ1) is 29.3. The predicted octanol–water partition coefficient (Wildman–Crippen LogP) is 15.5. The Labute approximate surface area is 377 Å². The average Bonchev–Trinajstić information content (AvgIpc) is 3.33. The molecule has 10 nitrogen and oxygen atoms in total. The number of fused-ring (bicyclic) bond motifs is 3. The minimum atomic E-state index is -2.21. The maximum atomic E-state index is 7.42. The molecule has 4 aromatic carbocycles. The quantitative estimate of drug-likeness (QED) is 0.119. The number of ether oxygens (including phenoxy) is 4. The van der Waals surface area contributed by atoms with Crippen molar-refractivity contribution < 1.29 is 45.4 Å². The van der Waals surface area contributed by atoms with E-state index in [-0.39, 0.29) is 21.7 Å². The average molecular weight is 905 g/mol. The molecule has 1 aliphatic rings. The van der Waals surface area contributed by atoms with Crippen LogP contribution in [0.25, 0.3) is 33.1 Å². The second-order valence-corrected chi connectivity index (χ2v) is 23.3. The Morgan fingerprint density at radius 3 is 1.22 bits per heavy atom. The van der Waals surface area contributed by atoms with Gasteiger partial charge in [0.1, 0.15) is 45.7 Å². The van der Waals surface area contributed by atoms with E-state index in [0.29, 0.717) is 72.1 Å². The van der Waals surface area contributed by atoms with Crippen molar-refractivity contribution in [3.8, 4) is 45.6 Å². The fraction of sp³-hybridized carbons (Fsp3) is 0.529. The highest BCUT2D eigenvalue weighted by molar-refractivity contribution is 7.42. The van der Waals surface area contributed by atoms with Crippen LogP contribution in [-0.2, 0) is 30.7 Å². The van der Waals surface area contributed by atoms with Crippen molar-refractivity contribution in [2.24, 2.45) is 5.41 Å². The summed E-state index contributed by atoms with van der Waals surface area (Å²) in [7, 11) is -0.584. The van der Waals surface area contributed by atoms with E-state index in [0.717, 1.165) is 44.2 Å². The Bertz CT molecular complexity index is 2400. The van der Waals surface area contributed by atoms with Gasteiger partial charge in [-0.15, -0.1) is 0 Å². The molecule has 0 amide bonds. The molecular weight excluding hydrogens is 834 g/mol. The van der Waals surface area contributed by atoms with Gasteiger partial charge in [0.25, 0.3) is 0 Å². The molecule has 12 heteroatoms. The highest BCUT2D eigenvalue weighted by Gasteiger charge is 2.36. The van der Waals surface area contributed by atoms with Gasteiger partial charge in [-0.3, -0.25) is 0 Å². The summed E-state index contributed by atoms with van der Waals surface area (Å²) >= 11 is 0. The van der Waals surface area contributed by atoms with Crippen molar-refractivity contribution in [1.29, 1.82) is 0 Å². The molecule has 0 N–H and O–H groups in total. The Hall–Kier alpha value is -4.07. The van der Waals surface area contributed by atoms with E-state index >= 15 is 0 Å². The van der Waals surface area contributed by atoms with Crippen LogP contribution in [0.4, 0.5) is 0 Å². The van der Waals surface area contributed by atoms with Gasteiger partial charge < -0.3 is 45.4 Å². The van der Waals surface area contributed by atoms with Crippen LogP contribution in [0.2, 0.25) is 0 Å². The summed E-state index contributed by atoms with van der Waals surface area (Å²) < 4.78 is 65.9. The van der Waals surface area contributed by atoms with E-state index in [1.807, 2.05) is 50.2 Å². The summed E-state index contributed by atoms with van der Waals surface area (Å²) in [6.45, 7) is 36.1. The number of hydrogen-bond acceptors (Lipinski definition) is 10. The second kappa shape index (κ2) is 18.1. The minimum absolute atomic E-state index is 0.140. The lowest BCUT2D eigenvalue weighted by atomic mass is 9.81. The zero-order valence-corrected chi connectivity index (χ0v) is 42.7. The van der Waals surface area contributed by atoms with Crippen molar-refractivity contribution in [3.05, 3.63) is 70.8 Å². The molecule has 2 heterocycles. The predicted molar refractivity (Wildman–Crippen MR) is 258 cm³/mol. The first kappa shape index (κ1) is 48.4. The lowest BCUT2D eigenvalue weighted by molar-refractivity contribution is 0.0425. The van der Waals surface area contributed by atoms with Crippen LogP contribution in [-0.4, -0.2) is 40.6 Å². The zero-order chi connectivity index (χ0) is 46.4. The van der Waals surface area contributed by atoms with E-state index in [2.05, 4.69) is 109 Å². The van der Waals surface area contributed by atoms with E-state index < -0.39 is 22.3 Å². The summed E-state index contributed by atoms with van der Waals surface area (Å²) in [6, 6.07) is 16.3. The molecule has 0 spiro atoms. The topological polar surface area (TPSA) is 100 Å². The molecule has 5 aromatic rings. The monoisotopic (exact) mass is 904 g/mol. The number of methoxy groups -OCH3 is 2. The van der Waals surface area contributed by atoms with Gasteiger partial charge in [-0.2, -0.15) is 0 Å². The van der Waals surface area contributed by atoms with Crippen molar-refractivity contribution in [2.75, 3.05) is 40.6 Å². The van der Waals surface area contributed by atoms with Crippen LogP contribution in [0.5, 0.6) is 34.5 Å². The van der Waals surface area contributed by atoms with Crippen molar-refractivity contribution in [3.63, 3.8) is 0 Å². The van der Waals surface area contributed by atoms with E-state index in [9.17, 15) is 0 Å². The van der Waals surface area contributed by atoms with E-state index in [1.165, 1.54) is 0 Å². The Morgan fingerprint density at radius 1 is 0.508 bits per heavy atom. The zero-order valence-electron chi connectivity index (χ0n) is 40.9. The van der Waals surface area contributed by atoms with Gasteiger partial charge >= 0.3 is 16.8 Å². The van der Waals surface area contributed by atoms with Crippen LogP contribution < -0.4 is 28.0 Å². The van der Waals surface area contributed by atoms with Gasteiger partial charge in [0, 0.05) is 49.6 Å². The van der Waals surface area contributed by atoms with Crippen molar-refractivity contribution >= 4 is 38.8 Å². The highest BCUT2D eigenvalue weighted by atomic mass is 31.2. The summed E-state index contributed by atoms with van der Waals surface area (Å²) in [4.78, 5) is 0. The molecular formula is C51H70O10P2. The third kappa shape index (κ3) is 10.7. The maximum Gasteiger partial charge on any atom is 0.453 e. The van der Waals surface area contributed by atoms with Gasteiger partial charge in [0.15, 0.2) is 0 Å². The van der Waals surface area contributed by atoms with Crippen LogP contribution in [0, 0.1) is 5.41 Å². The third-order valence-corrected chi connectivity index (χ3v) is 12.9. The Balaban J connectivity index is 1.78. The molecule has 0 radical (unpaired) electrons. The third-order valence-electron chi connectivity index (χ3n) is 10.9. The van der Waals surface area contributed by atoms with Gasteiger partial charge in [-0.05, 0) is 84.0 Å². The molecule has 0 saturated carbocycles. The summed E-state index contributed by atoms with van der Waals surface area (Å²) in [5.74, 6) is 3.97. The highest BCUT2D eigenvalue weighted by Crippen LogP contribution is 2.56. The van der Waals surface area contributed by atoms with E-state index in [4.69, 9.17) is 45.4 Å². The molecule has 0 bridgehead atoms. The molecule has 6 rings (SSSR count). The lowest BCUT2D eigenvalue weighted by Gasteiger charge is -2.34. The van der Waals surface area contributed by atoms with Gasteiger partial charge in [0.05, 0.1) is 40.6 Å². The van der Waals surface area contributed by atoms with E-state index in [1.54, 1.807) is 14.2 Å². The number of benzene rings is 4. The standard InChI is InChI=1S/C51H70O10P2/c1-19-54-33-23-37(43(41(27-33)49(9,10)11)58-62-56-29-51(15,16)30-57-62)38-24-34(55-20-2)28-42(50(12,13)14)46(38)61-63-59-44-35(21-31(52-17)25-39(44)47(3,4)5)36-22-32(53-18)26-40(45(36)60-63)48(6,7)8/h21-28H,19-20,29-30H2,1-18H3. The van der Waals surface area contributed by atoms with Crippen LogP contribution in [0.3, 0.4) is 0 Å². The molecule has 1 aliphatic heterocycles. The number of hydrogen-bond donors (Lipinski definition) is 0. The van der Waals surface area contributed by atoms with Gasteiger partial charge in [-0.25, -0.2) is 0 Å². The van der Waals surface area contributed by atoms with Crippen LogP contribution >= 0.6 is 16.8 Å². The van der Waals surface area contributed by atoms with Gasteiger partial charge in [0.2, 0.25) is 0 Å². The SMILES string of the molecule is CCOc1cc(-c2cc(OCC)cc(C(C)(C)C)c2Op2oc3c(C(C)(C)C)cc(OC)cc3c3cc(OC)cc(C(C)(C)C)c3o2)c(OP2OCC(C)(C)CO2)c(C(C)(C)C)c1. The second-order valence-electron chi connectivity index (χ2n) is 21.2. The summed E-state index contributed by atoms with van der Waals surface area (Å²) in [6.07, 6.45) is 0. The Morgan fingerprint density at radius 2 is 0.873 bits per heavy atom. The molecule has 0 unspecified atom stereocenters. The molecule has 1 aromatic heterocycles. The molecule has 344 valence electrons. The smallest absolute Gasteiger partial charge is 0.453 e. The molecule has 0 aliphatic carbocycles. The Kier molecular flexibility index (Phi) is 13.9. The lowest BCUT2D eigenvalue weighted by Crippen LogP contribution is -2.29. The van der Waals surface area contributed by atoms with Crippen LogP contribution in [0.1, 0.15) is 133 Å². The number of rotatable bonds is 11. The summed E-state index contributed by atoms with van der Waals surface area (Å²) in [5, 5.41) is 1.64. The summed E-state index contributed by atoms with van der Waals surface area (Å²) in [5.41, 5.74) is 4.79. The minimum Gasteiger partial charge on any atom is -0.497 e. The molecule has 1 saturated heterocycles. The van der Waals surface area contributed by atoms with Gasteiger partial charge in [-0.1, -0.05) is 96.9 Å². The molecule has 1 fully saturated rings. The largest absolute Gasteiger partial charge is 0.497 e. The first-order valence-electron chi connectivity index (χ1n) is 21.9. The normalized spacial score (nSPS) is 15.1. The van der Waals surface area contributed by atoms with Crippen LogP contribution in [0.15, 0.2) is 56.9 Å². The molecule has 0 atom stereocenters. The fourth-order valence-electron chi connectivity index (χ4n) is 7.51.